The van der Waals surface area contributed by atoms with Crippen molar-refractivity contribution in [2.45, 2.75) is 16.7 Å². The van der Waals surface area contributed by atoms with Gasteiger partial charge in [-0.1, -0.05) is 0 Å². The number of hydrogen-bond acceptors (Lipinski definition) is 4. The summed E-state index contributed by atoms with van der Waals surface area (Å²) in [5.41, 5.74) is 0. The van der Waals surface area contributed by atoms with Gasteiger partial charge < -0.3 is 0 Å². The molecule has 2 N–H and O–H groups in total. The third kappa shape index (κ3) is 1.63. The molecule has 2 atom stereocenters. The van der Waals surface area contributed by atoms with Crippen molar-refractivity contribution in [1.82, 2.24) is 30.4 Å². The number of hydrogen-bond donors (Lipinski definition) is 4. The Morgan fingerprint density at radius 3 is 1.87 bits per heavy atom. The van der Waals surface area contributed by atoms with Crippen LogP contribution in [0.2, 0.25) is 0 Å². The number of rotatable bonds is 2. The predicted molar refractivity (Wildman–Crippen MR) is 61.6 cm³/mol. The molecule has 2 aromatic heterocycles. The van der Waals surface area contributed by atoms with E-state index in [2.05, 4.69) is 30.4 Å². The average molecular weight is 244 g/mol. The molecule has 3 rings (SSSR count). The molecule has 0 saturated carbocycles. The molecule has 2 unspecified atom stereocenters. The molecule has 3 heterocycles. The van der Waals surface area contributed by atoms with Gasteiger partial charge in [0.05, 0.1) is 0 Å². The van der Waals surface area contributed by atoms with Gasteiger partial charge in [0.2, 0.25) is 0 Å². The van der Waals surface area contributed by atoms with Crippen LogP contribution >= 0.6 is 19.9 Å². The van der Waals surface area contributed by atoms with Crippen molar-refractivity contribution in [2.24, 2.45) is 0 Å². The molecule has 0 radical (unpaired) electrons. The fraction of sp³-hybridized carbons (Fsp3) is 0.429. The molecule has 2 aromatic rings. The minimum Gasteiger partial charge on any atom is -0.265 e. The van der Waals surface area contributed by atoms with E-state index in [0.29, 0.717) is 0 Å². The van der Waals surface area contributed by atoms with Crippen molar-refractivity contribution in [3.8, 4) is 0 Å². The highest BCUT2D eigenvalue weighted by molar-refractivity contribution is 8.93. The third-order valence-corrected chi connectivity index (χ3v) is 9.74. The first kappa shape index (κ1) is 9.22. The Morgan fingerprint density at radius 1 is 0.933 bits per heavy atom. The van der Waals surface area contributed by atoms with Crippen LogP contribution in [0, 0.1) is 0 Å². The Morgan fingerprint density at radius 2 is 1.47 bits per heavy atom. The van der Waals surface area contributed by atoms with Gasteiger partial charge in [-0.3, -0.25) is 10.2 Å². The molecule has 0 aromatic carbocycles. The molecule has 8 heteroatoms. The molecule has 1 aliphatic heterocycles. The molecule has 15 heavy (non-hydrogen) atoms. The number of nitrogens with one attached hydrogen (secondary N) is 2. The van der Waals surface area contributed by atoms with Gasteiger partial charge in [0.1, 0.15) is 12.7 Å². The van der Waals surface area contributed by atoms with Gasteiger partial charge in [-0.15, -0.1) is 10.2 Å². The lowest BCUT2D eigenvalue weighted by Crippen LogP contribution is -1.89. The van der Waals surface area contributed by atoms with Gasteiger partial charge >= 0.3 is 0 Å². The van der Waals surface area contributed by atoms with E-state index in [0.717, 1.165) is 10.3 Å². The van der Waals surface area contributed by atoms with E-state index in [9.17, 15) is 0 Å². The van der Waals surface area contributed by atoms with Gasteiger partial charge in [0.15, 0.2) is 10.3 Å². The Hall–Kier alpha value is -1.02. The van der Waals surface area contributed by atoms with Gasteiger partial charge in [-0.05, 0) is 17.9 Å². The summed E-state index contributed by atoms with van der Waals surface area (Å²) in [5.74, 6) is 2.43. The third-order valence-electron chi connectivity index (χ3n) is 2.30. The first-order chi connectivity index (χ1) is 7.45. The second-order valence-corrected chi connectivity index (χ2v) is 9.39. The summed E-state index contributed by atoms with van der Waals surface area (Å²) in [6.07, 6.45) is 4.56. The quantitative estimate of drug-likeness (QED) is 0.462. The van der Waals surface area contributed by atoms with Gasteiger partial charge in [0.25, 0.3) is 0 Å². The van der Waals surface area contributed by atoms with E-state index in [1.165, 1.54) is 17.9 Å². The van der Waals surface area contributed by atoms with Crippen LogP contribution in [0.4, 0.5) is 0 Å². The predicted octanol–water partition coefficient (Wildman–Crippen LogP) is 0.662. The molecule has 0 spiro atoms. The van der Waals surface area contributed by atoms with Crippen LogP contribution in [0.5, 0.6) is 0 Å². The van der Waals surface area contributed by atoms with E-state index < -0.39 is 0 Å². The van der Waals surface area contributed by atoms with Crippen LogP contribution in [0.15, 0.2) is 23.0 Å². The van der Waals surface area contributed by atoms with E-state index in [-0.39, 0.29) is 19.9 Å². The van der Waals surface area contributed by atoms with Crippen molar-refractivity contribution in [1.29, 1.82) is 0 Å². The first-order valence-electron chi connectivity index (χ1n) is 4.72. The van der Waals surface area contributed by atoms with Crippen LogP contribution in [-0.2, 0) is 0 Å². The van der Waals surface area contributed by atoms with E-state index in [1.54, 1.807) is 12.7 Å². The summed E-state index contributed by atoms with van der Waals surface area (Å²) < 4.78 is 0. The lowest BCUT2D eigenvalue weighted by atomic mass is 10.6. The summed E-state index contributed by atoms with van der Waals surface area (Å²) in [7, 11) is -0.502. The fourth-order valence-electron chi connectivity index (χ4n) is 1.68. The molecule has 1 aliphatic rings. The van der Waals surface area contributed by atoms with E-state index in [1.807, 2.05) is 0 Å². The molecule has 0 aliphatic carbocycles. The Bertz CT molecular complexity index is 372. The van der Waals surface area contributed by atoms with Crippen molar-refractivity contribution in [3.05, 3.63) is 12.7 Å². The topological polar surface area (TPSA) is 83.1 Å². The Balaban J connectivity index is 1.90. The largest absolute Gasteiger partial charge is 0.265 e. The maximum atomic E-state index is 4.27. The molecular weight excluding hydrogens is 232 g/mol. The van der Waals surface area contributed by atoms with Crippen LogP contribution in [0.3, 0.4) is 0 Å². The zero-order valence-electron chi connectivity index (χ0n) is 7.96. The van der Waals surface area contributed by atoms with Crippen molar-refractivity contribution in [2.75, 3.05) is 11.5 Å². The molecule has 0 bridgehead atoms. The molecule has 82 valence electrons. The summed E-state index contributed by atoms with van der Waals surface area (Å²) >= 11 is 0. The summed E-state index contributed by atoms with van der Waals surface area (Å²) in [5, 5.41) is 16.0. The SMILES string of the molecule is c1nc([SH]2CCC[SH]2c2nc[nH]n2)n[nH]1. The molecule has 1 saturated heterocycles. The monoisotopic (exact) mass is 244 g/mol. The van der Waals surface area contributed by atoms with E-state index in [4.69, 9.17) is 0 Å². The number of thiol groups is 2. The van der Waals surface area contributed by atoms with Gasteiger partial charge in [0, 0.05) is 0 Å². The minimum absolute atomic E-state index is 0.251. The average Bonchev–Trinajstić information content (AvgIpc) is 3.01. The van der Waals surface area contributed by atoms with E-state index >= 15 is 0 Å². The number of nitrogens with zero attached hydrogens (tertiary/aromatic N) is 4. The lowest BCUT2D eigenvalue weighted by Gasteiger charge is -2.21. The van der Waals surface area contributed by atoms with Crippen molar-refractivity contribution >= 4 is 19.9 Å². The van der Waals surface area contributed by atoms with Crippen LogP contribution in [0.1, 0.15) is 6.42 Å². The normalized spacial score (nSPS) is 30.7. The highest BCUT2D eigenvalue weighted by Crippen LogP contribution is 2.65. The van der Waals surface area contributed by atoms with Gasteiger partial charge in [-0.2, -0.15) is 19.9 Å². The smallest absolute Gasteiger partial charge is 0.195 e. The zero-order valence-corrected chi connectivity index (χ0v) is 9.75. The fourth-order valence-corrected chi connectivity index (χ4v) is 9.06. The number of H-pyrrole nitrogens is 2. The summed E-state index contributed by atoms with van der Waals surface area (Å²) in [6.45, 7) is 0. The summed E-state index contributed by atoms with van der Waals surface area (Å²) in [4.78, 5) is 8.54. The maximum absolute atomic E-state index is 4.27. The van der Waals surface area contributed by atoms with Crippen LogP contribution < -0.4 is 0 Å². The van der Waals surface area contributed by atoms with Crippen LogP contribution in [0.25, 0.3) is 0 Å². The molecule has 6 nitrogen and oxygen atoms in total. The second-order valence-electron chi connectivity index (χ2n) is 3.20. The first-order valence-corrected chi connectivity index (χ1v) is 8.47. The Kier molecular flexibility index (Phi) is 2.37. The van der Waals surface area contributed by atoms with Crippen LogP contribution in [-0.4, -0.2) is 41.9 Å². The standard InChI is InChI=1S/C7H12N6S2/c1-2-14(6-8-4-10-12-6)15(3-1)7-9-5-11-13-7/h4-5,14-15H,1-3H2,(H,8,10,12)(H,9,11,13). The molecule has 0 amide bonds. The number of aromatic nitrogens is 6. The van der Waals surface area contributed by atoms with Crippen molar-refractivity contribution in [3.63, 3.8) is 0 Å². The van der Waals surface area contributed by atoms with Gasteiger partial charge in [-0.25, -0.2) is 9.97 Å². The summed E-state index contributed by atoms with van der Waals surface area (Å²) in [6, 6.07) is 0. The lowest BCUT2D eigenvalue weighted by molar-refractivity contribution is 0.968. The zero-order chi connectivity index (χ0) is 10.1. The number of aromatic amines is 2. The highest BCUT2D eigenvalue weighted by Gasteiger charge is 2.27. The Labute approximate surface area is 91.4 Å². The minimum atomic E-state index is -0.251. The van der Waals surface area contributed by atoms with Crippen molar-refractivity contribution < 1.29 is 0 Å². The molecule has 1 fully saturated rings. The second kappa shape index (κ2) is 3.86. The maximum Gasteiger partial charge on any atom is 0.195 e. The molecular formula is C7H12N6S2. The highest BCUT2D eigenvalue weighted by atomic mass is 33.2.